The average molecular weight is 345 g/mol. The van der Waals surface area contributed by atoms with E-state index in [1.807, 2.05) is 36.9 Å². The van der Waals surface area contributed by atoms with E-state index in [4.69, 9.17) is 0 Å². The topological polar surface area (TPSA) is 52.7 Å². The maximum absolute atomic E-state index is 12.4. The van der Waals surface area contributed by atoms with Gasteiger partial charge in [0.15, 0.2) is 0 Å². The largest absolute Gasteiger partial charge is 0.340 e. The first-order chi connectivity index (χ1) is 12.0. The van der Waals surface area contributed by atoms with Gasteiger partial charge in [0, 0.05) is 37.8 Å². The van der Waals surface area contributed by atoms with Crippen LogP contribution in [0.1, 0.15) is 37.8 Å². The molecular weight excluding hydrogens is 314 g/mol. The normalized spacial score (nSPS) is 15.5. The maximum atomic E-state index is 12.4. The fraction of sp³-hybridized carbons (Fsp3) is 0.600. The molecule has 1 N–H and O–H groups in total. The minimum atomic E-state index is 0.0113. The van der Waals surface area contributed by atoms with Gasteiger partial charge in [0.2, 0.25) is 11.8 Å². The van der Waals surface area contributed by atoms with Crippen LogP contribution >= 0.6 is 0 Å². The molecule has 1 aliphatic rings. The number of rotatable bonds is 6. The van der Waals surface area contributed by atoms with Crippen LogP contribution in [-0.2, 0) is 9.59 Å². The summed E-state index contributed by atoms with van der Waals surface area (Å²) >= 11 is 0. The van der Waals surface area contributed by atoms with E-state index < -0.39 is 0 Å². The summed E-state index contributed by atoms with van der Waals surface area (Å²) in [4.78, 5) is 28.9. The summed E-state index contributed by atoms with van der Waals surface area (Å²) in [6.07, 6.45) is 1.79. The van der Waals surface area contributed by atoms with Gasteiger partial charge in [-0.25, -0.2) is 0 Å². The minimum Gasteiger partial charge on any atom is -0.340 e. The Bertz CT molecular complexity index is 583. The van der Waals surface area contributed by atoms with Crippen molar-refractivity contribution in [1.82, 2.24) is 9.80 Å². The molecule has 0 saturated carbocycles. The van der Waals surface area contributed by atoms with Crippen molar-refractivity contribution in [3.8, 4) is 0 Å². The zero-order valence-corrected chi connectivity index (χ0v) is 16.0. The number of amides is 2. The van der Waals surface area contributed by atoms with Crippen molar-refractivity contribution in [2.45, 2.75) is 40.5 Å². The lowest BCUT2D eigenvalue weighted by atomic mass is 10.0. The molecule has 1 heterocycles. The molecule has 138 valence electrons. The van der Waals surface area contributed by atoms with Crippen LogP contribution in [0.15, 0.2) is 18.2 Å². The predicted octanol–water partition coefficient (Wildman–Crippen LogP) is 2.82. The fourth-order valence-electron chi connectivity index (χ4n) is 3.42. The summed E-state index contributed by atoms with van der Waals surface area (Å²) in [5.74, 6) is 0.417. The van der Waals surface area contributed by atoms with Crippen LogP contribution < -0.4 is 5.32 Å². The zero-order chi connectivity index (χ0) is 18.4. The van der Waals surface area contributed by atoms with Crippen LogP contribution in [0.5, 0.6) is 0 Å². The Balaban J connectivity index is 1.83. The molecule has 5 heteroatoms. The monoisotopic (exact) mass is 345 g/mol. The molecule has 5 nitrogen and oxygen atoms in total. The quantitative estimate of drug-likeness (QED) is 0.862. The van der Waals surface area contributed by atoms with Gasteiger partial charge in [-0.2, -0.15) is 0 Å². The summed E-state index contributed by atoms with van der Waals surface area (Å²) < 4.78 is 0. The maximum Gasteiger partial charge on any atom is 0.238 e. The highest BCUT2D eigenvalue weighted by Gasteiger charge is 2.26. The highest BCUT2D eigenvalue weighted by atomic mass is 16.2. The lowest BCUT2D eigenvalue weighted by Gasteiger charge is -2.36. The lowest BCUT2D eigenvalue weighted by Crippen LogP contribution is -2.51. The average Bonchev–Trinajstić information content (AvgIpc) is 2.60. The van der Waals surface area contributed by atoms with Gasteiger partial charge in [-0.1, -0.05) is 32.0 Å². The molecule has 0 atom stereocenters. The zero-order valence-electron chi connectivity index (χ0n) is 16.0. The van der Waals surface area contributed by atoms with E-state index in [-0.39, 0.29) is 17.7 Å². The van der Waals surface area contributed by atoms with Crippen molar-refractivity contribution in [3.05, 3.63) is 29.3 Å². The first kappa shape index (κ1) is 19.4. The highest BCUT2D eigenvalue weighted by Crippen LogP contribution is 2.19. The van der Waals surface area contributed by atoms with Crippen molar-refractivity contribution in [2.24, 2.45) is 5.92 Å². The molecule has 0 radical (unpaired) electrons. The molecule has 0 bridgehead atoms. The Morgan fingerprint density at radius 1 is 1.04 bits per heavy atom. The third kappa shape index (κ3) is 5.05. The van der Waals surface area contributed by atoms with Gasteiger partial charge in [-0.05, 0) is 37.8 Å². The molecule has 1 aromatic carbocycles. The summed E-state index contributed by atoms with van der Waals surface area (Å²) in [6.45, 7) is 11.5. The second-order valence-corrected chi connectivity index (χ2v) is 6.93. The molecule has 2 rings (SSSR count). The molecular formula is C20H31N3O2. The molecule has 1 fully saturated rings. The van der Waals surface area contributed by atoms with E-state index in [9.17, 15) is 9.59 Å². The molecule has 1 saturated heterocycles. The van der Waals surface area contributed by atoms with E-state index in [2.05, 4.69) is 24.1 Å². The number of benzene rings is 1. The van der Waals surface area contributed by atoms with Gasteiger partial charge in [0.05, 0.1) is 6.54 Å². The number of para-hydroxylation sites is 1. The summed E-state index contributed by atoms with van der Waals surface area (Å²) in [7, 11) is 0. The van der Waals surface area contributed by atoms with Crippen molar-refractivity contribution in [2.75, 3.05) is 38.0 Å². The van der Waals surface area contributed by atoms with Crippen LogP contribution in [0.25, 0.3) is 0 Å². The number of nitrogens with one attached hydrogen (secondary N) is 1. The predicted molar refractivity (Wildman–Crippen MR) is 102 cm³/mol. The van der Waals surface area contributed by atoms with Crippen molar-refractivity contribution >= 4 is 17.5 Å². The number of piperazine rings is 1. The van der Waals surface area contributed by atoms with E-state index in [1.165, 1.54) is 0 Å². The van der Waals surface area contributed by atoms with Gasteiger partial charge in [0.1, 0.15) is 0 Å². The Morgan fingerprint density at radius 3 is 2.12 bits per heavy atom. The van der Waals surface area contributed by atoms with Crippen LogP contribution in [0, 0.1) is 19.8 Å². The highest BCUT2D eigenvalue weighted by molar-refractivity contribution is 5.93. The van der Waals surface area contributed by atoms with E-state index in [0.717, 1.165) is 42.7 Å². The Kier molecular flexibility index (Phi) is 7.00. The number of carbonyl (C=O) groups is 2. The molecule has 1 aliphatic heterocycles. The van der Waals surface area contributed by atoms with Crippen molar-refractivity contribution < 1.29 is 9.59 Å². The lowest BCUT2D eigenvalue weighted by molar-refractivity contribution is -0.137. The summed E-state index contributed by atoms with van der Waals surface area (Å²) in [5.41, 5.74) is 3.07. The van der Waals surface area contributed by atoms with E-state index in [1.54, 1.807) is 0 Å². The van der Waals surface area contributed by atoms with Crippen LogP contribution in [-0.4, -0.2) is 54.3 Å². The number of anilines is 1. The summed E-state index contributed by atoms with van der Waals surface area (Å²) in [6, 6.07) is 6.01. The van der Waals surface area contributed by atoms with Gasteiger partial charge in [0.25, 0.3) is 0 Å². The van der Waals surface area contributed by atoms with Gasteiger partial charge < -0.3 is 10.2 Å². The Hall–Kier alpha value is -1.88. The number of nitrogens with zero attached hydrogens (tertiary/aromatic N) is 2. The Labute approximate surface area is 151 Å². The first-order valence-electron chi connectivity index (χ1n) is 9.33. The standard InChI is InChI=1S/C20H31N3O2/c1-5-17(6-2)20(25)23-12-10-22(11-13-23)14-18(24)21-19-15(3)8-7-9-16(19)4/h7-9,17H,5-6,10-14H2,1-4H3,(H,21,24). The van der Waals surface area contributed by atoms with Crippen molar-refractivity contribution in [3.63, 3.8) is 0 Å². The molecule has 0 spiro atoms. The number of carbonyl (C=O) groups excluding carboxylic acids is 2. The van der Waals surface area contributed by atoms with Crippen LogP contribution in [0.3, 0.4) is 0 Å². The molecule has 1 aromatic rings. The van der Waals surface area contributed by atoms with Crippen LogP contribution in [0.2, 0.25) is 0 Å². The molecule has 0 aliphatic carbocycles. The van der Waals surface area contributed by atoms with Crippen molar-refractivity contribution in [1.29, 1.82) is 0 Å². The second-order valence-electron chi connectivity index (χ2n) is 6.93. The molecule has 0 unspecified atom stereocenters. The Morgan fingerprint density at radius 2 is 1.60 bits per heavy atom. The smallest absolute Gasteiger partial charge is 0.238 e. The SMILES string of the molecule is CCC(CC)C(=O)N1CCN(CC(=O)Nc2c(C)cccc2C)CC1. The fourth-order valence-corrected chi connectivity index (χ4v) is 3.42. The third-order valence-corrected chi connectivity index (χ3v) is 5.13. The number of aryl methyl sites for hydroxylation is 2. The number of hydrogen-bond acceptors (Lipinski definition) is 3. The summed E-state index contributed by atoms with van der Waals surface area (Å²) in [5, 5.41) is 3.04. The van der Waals surface area contributed by atoms with Crippen LogP contribution in [0.4, 0.5) is 5.69 Å². The number of hydrogen-bond donors (Lipinski definition) is 1. The second kappa shape index (κ2) is 8.99. The first-order valence-corrected chi connectivity index (χ1v) is 9.33. The molecule has 0 aromatic heterocycles. The minimum absolute atomic E-state index is 0.0113. The van der Waals surface area contributed by atoms with Gasteiger partial charge in [-0.3, -0.25) is 14.5 Å². The van der Waals surface area contributed by atoms with E-state index >= 15 is 0 Å². The van der Waals surface area contributed by atoms with E-state index in [0.29, 0.717) is 19.6 Å². The molecule has 2 amide bonds. The third-order valence-electron chi connectivity index (χ3n) is 5.13. The molecule has 25 heavy (non-hydrogen) atoms. The van der Waals surface area contributed by atoms with Gasteiger partial charge >= 0.3 is 0 Å². The van der Waals surface area contributed by atoms with Gasteiger partial charge in [-0.15, -0.1) is 0 Å².